The number of hydrogen-bond donors (Lipinski definition) is 0. The van der Waals surface area contributed by atoms with Crippen molar-refractivity contribution in [3.8, 4) is 0 Å². The van der Waals surface area contributed by atoms with Crippen molar-refractivity contribution in [3.63, 3.8) is 0 Å². The van der Waals surface area contributed by atoms with E-state index in [9.17, 15) is 4.57 Å². The Hall–Kier alpha value is -0.890. The molecule has 106 valence electrons. The second-order valence-corrected chi connectivity index (χ2v) is 6.92. The van der Waals surface area contributed by atoms with E-state index in [-0.39, 0.29) is 18.4 Å². The molecule has 0 aliphatic carbocycles. The lowest BCUT2D eigenvalue weighted by molar-refractivity contribution is 0.144. The lowest BCUT2D eigenvalue weighted by Crippen LogP contribution is -2.09. The lowest BCUT2D eigenvalue weighted by Gasteiger charge is -2.21. The van der Waals surface area contributed by atoms with Crippen molar-refractivity contribution in [2.24, 2.45) is 0 Å². The summed E-state index contributed by atoms with van der Waals surface area (Å²) in [6.07, 6.45) is 3.84. The summed E-state index contributed by atoms with van der Waals surface area (Å²) >= 11 is 0. The van der Waals surface area contributed by atoms with E-state index in [2.05, 4.69) is 0 Å². The molecule has 19 heavy (non-hydrogen) atoms. The van der Waals surface area contributed by atoms with Gasteiger partial charge in [-0.2, -0.15) is 0 Å². The summed E-state index contributed by atoms with van der Waals surface area (Å²) in [7, 11) is -3.06. The third-order valence-electron chi connectivity index (χ3n) is 2.18. The zero-order chi connectivity index (χ0) is 14.3. The highest BCUT2D eigenvalue weighted by molar-refractivity contribution is 7.54. The fourth-order valence-electron chi connectivity index (χ4n) is 1.64. The van der Waals surface area contributed by atoms with Gasteiger partial charge in [0.1, 0.15) is 0 Å². The Morgan fingerprint density at radius 3 is 2.05 bits per heavy atom. The van der Waals surface area contributed by atoms with Gasteiger partial charge in [0.2, 0.25) is 0 Å². The monoisotopic (exact) mass is 282 g/mol. The predicted octanol–water partition coefficient (Wildman–Crippen LogP) is 4.74. The summed E-state index contributed by atoms with van der Waals surface area (Å²) in [5.74, 6) is 0. The van der Waals surface area contributed by atoms with Crippen molar-refractivity contribution in [3.05, 3.63) is 42.0 Å². The van der Waals surface area contributed by atoms with Gasteiger partial charge in [-0.15, -0.1) is 0 Å². The summed E-state index contributed by atoms with van der Waals surface area (Å²) in [6, 6.07) is 9.89. The highest BCUT2D eigenvalue weighted by Gasteiger charge is 2.25. The van der Waals surface area contributed by atoms with Crippen LogP contribution in [0.4, 0.5) is 0 Å². The first-order valence-electron chi connectivity index (χ1n) is 6.59. The Kier molecular flexibility index (Phi) is 6.50. The molecule has 0 aliphatic rings. The molecule has 0 spiro atoms. The SMILES string of the molecule is CC(C)OP(=O)(CC=Cc1ccccc1)OC(C)C. The van der Waals surface area contributed by atoms with Crippen LogP contribution >= 0.6 is 7.60 Å². The minimum absolute atomic E-state index is 0.116. The van der Waals surface area contributed by atoms with Crippen LogP contribution in [0, 0.1) is 0 Å². The van der Waals surface area contributed by atoms with Crippen molar-refractivity contribution in [2.75, 3.05) is 6.16 Å². The van der Waals surface area contributed by atoms with Crippen molar-refractivity contribution >= 4 is 13.7 Å². The van der Waals surface area contributed by atoms with Crippen LogP contribution in [0.1, 0.15) is 33.3 Å². The number of rotatable bonds is 7. The molecule has 0 N–H and O–H groups in total. The highest BCUT2D eigenvalue weighted by atomic mass is 31.2. The first-order chi connectivity index (χ1) is 8.91. The molecule has 0 saturated carbocycles. The topological polar surface area (TPSA) is 35.5 Å². The third kappa shape index (κ3) is 6.72. The molecule has 0 heterocycles. The molecule has 0 unspecified atom stereocenters. The Morgan fingerprint density at radius 1 is 1.05 bits per heavy atom. The van der Waals surface area contributed by atoms with Crippen LogP contribution in [0.5, 0.6) is 0 Å². The molecule has 3 nitrogen and oxygen atoms in total. The summed E-state index contributed by atoms with van der Waals surface area (Å²) in [6.45, 7) is 7.43. The summed E-state index contributed by atoms with van der Waals surface area (Å²) in [4.78, 5) is 0. The van der Waals surface area contributed by atoms with Crippen LogP contribution in [0.15, 0.2) is 36.4 Å². The predicted molar refractivity (Wildman–Crippen MR) is 80.4 cm³/mol. The maximum absolute atomic E-state index is 12.5. The van der Waals surface area contributed by atoms with Gasteiger partial charge < -0.3 is 9.05 Å². The molecular weight excluding hydrogens is 259 g/mol. The van der Waals surface area contributed by atoms with Crippen LogP contribution in [-0.4, -0.2) is 18.4 Å². The molecule has 0 atom stereocenters. The average molecular weight is 282 g/mol. The Bertz CT molecular complexity index is 424. The molecule has 0 saturated heterocycles. The fraction of sp³-hybridized carbons (Fsp3) is 0.467. The molecule has 0 aromatic heterocycles. The molecule has 0 aliphatic heterocycles. The summed E-state index contributed by atoms with van der Waals surface area (Å²) in [5.41, 5.74) is 1.07. The molecule has 4 heteroatoms. The lowest BCUT2D eigenvalue weighted by atomic mass is 10.2. The fourth-order valence-corrected chi connectivity index (χ4v) is 3.51. The maximum Gasteiger partial charge on any atom is 0.334 e. The van der Waals surface area contributed by atoms with E-state index >= 15 is 0 Å². The smallest absolute Gasteiger partial charge is 0.306 e. The van der Waals surface area contributed by atoms with Crippen LogP contribution in [0.25, 0.3) is 6.08 Å². The largest absolute Gasteiger partial charge is 0.334 e. The van der Waals surface area contributed by atoms with Gasteiger partial charge in [-0.1, -0.05) is 42.5 Å². The van der Waals surface area contributed by atoms with Gasteiger partial charge in [0, 0.05) is 0 Å². The van der Waals surface area contributed by atoms with E-state index < -0.39 is 7.60 Å². The van der Waals surface area contributed by atoms with Gasteiger partial charge in [0.05, 0.1) is 18.4 Å². The molecule has 0 bridgehead atoms. The second-order valence-electron chi connectivity index (χ2n) is 4.91. The van der Waals surface area contributed by atoms with Crippen LogP contribution < -0.4 is 0 Å². The van der Waals surface area contributed by atoms with E-state index in [1.807, 2.05) is 70.2 Å². The highest BCUT2D eigenvalue weighted by Crippen LogP contribution is 2.50. The third-order valence-corrected chi connectivity index (χ3v) is 4.33. The minimum atomic E-state index is -3.06. The van der Waals surface area contributed by atoms with E-state index in [1.165, 1.54) is 0 Å². The molecule has 1 aromatic rings. The van der Waals surface area contributed by atoms with E-state index in [4.69, 9.17) is 9.05 Å². The number of benzene rings is 1. The van der Waals surface area contributed by atoms with Crippen LogP contribution in [-0.2, 0) is 13.6 Å². The Balaban J connectivity index is 2.68. The number of hydrogen-bond acceptors (Lipinski definition) is 3. The second kappa shape index (κ2) is 7.64. The van der Waals surface area contributed by atoms with Crippen LogP contribution in [0.2, 0.25) is 0 Å². The maximum atomic E-state index is 12.5. The number of allylic oxidation sites excluding steroid dienone is 1. The molecule has 1 rings (SSSR count). The average Bonchev–Trinajstić information content (AvgIpc) is 2.27. The van der Waals surface area contributed by atoms with Gasteiger partial charge in [0.15, 0.2) is 0 Å². The van der Waals surface area contributed by atoms with Crippen LogP contribution in [0.3, 0.4) is 0 Å². The van der Waals surface area contributed by atoms with Crippen molar-refractivity contribution < 1.29 is 13.6 Å². The Labute approximate surface area is 116 Å². The zero-order valence-electron chi connectivity index (χ0n) is 12.1. The molecule has 0 fully saturated rings. The molecular formula is C15H23O3P. The van der Waals surface area contributed by atoms with E-state index in [1.54, 1.807) is 0 Å². The normalized spacial score (nSPS) is 12.7. The zero-order valence-corrected chi connectivity index (χ0v) is 13.0. The van der Waals surface area contributed by atoms with E-state index in [0.717, 1.165) is 5.56 Å². The van der Waals surface area contributed by atoms with Gasteiger partial charge in [-0.05, 0) is 33.3 Å². The van der Waals surface area contributed by atoms with Crippen molar-refractivity contribution in [1.29, 1.82) is 0 Å². The molecule has 0 radical (unpaired) electrons. The minimum Gasteiger partial charge on any atom is -0.306 e. The van der Waals surface area contributed by atoms with Crippen molar-refractivity contribution in [1.82, 2.24) is 0 Å². The Morgan fingerprint density at radius 2 is 1.58 bits per heavy atom. The van der Waals surface area contributed by atoms with E-state index in [0.29, 0.717) is 0 Å². The van der Waals surface area contributed by atoms with Crippen molar-refractivity contribution in [2.45, 2.75) is 39.9 Å². The van der Waals surface area contributed by atoms with Gasteiger partial charge >= 0.3 is 7.60 Å². The summed E-state index contributed by atoms with van der Waals surface area (Å²) in [5, 5.41) is 0. The quantitative estimate of drug-likeness (QED) is 0.677. The first kappa shape index (κ1) is 16.2. The van der Waals surface area contributed by atoms with Gasteiger partial charge in [-0.3, -0.25) is 4.57 Å². The van der Waals surface area contributed by atoms with Gasteiger partial charge in [-0.25, -0.2) is 0 Å². The summed E-state index contributed by atoms with van der Waals surface area (Å²) < 4.78 is 23.5. The molecule has 1 aromatic carbocycles. The first-order valence-corrected chi connectivity index (χ1v) is 8.31. The standard InChI is InChI=1S/C15H23O3P/c1-13(2)17-19(16,18-14(3)4)12-8-11-15-9-6-5-7-10-15/h5-11,13-14H,12H2,1-4H3. The molecule has 0 amide bonds. The van der Waals surface area contributed by atoms with Gasteiger partial charge in [0.25, 0.3) is 0 Å².